The van der Waals surface area contributed by atoms with E-state index >= 15 is 0 Å². The predicted octanol–water partition coefficient (Wildman–Crippen LogP) is 3.35. The number of sulfonamides is 1. The van der Waals surface area contributed by atoms with Crippen LogP contribution in [0.15, 0.2) is 29.3 Å². The molecular formula is C17H22ClN3O2S. The zero-order chi connectivity index (χ0) is 17.5. The standard InChI is InChI=1S/C17H22ClN3O2S/c1-4-7-21-13(3)9-19-17(21)14-10-20(11-14)24(22,23)15-5-6-16(18)12(2)8-15/h5-6,8-9,14H,4,7,10-11H2,1-3H3. The molecule has 0 bridgehead atoms. The van der Waals surface area contributed by atoms with Gasteiger partial charge in [0.05, 0.1) is 4.90 Å². The lowest BCUT2D eigenvalue weighted by atomic mass is 10.0. The van der Waals surface area contributed by atoms with Gasteiger partial charge in [0.1, 0.15) is 5.82 Å². The van der Waals surface area contributed by atoms with Gasteiger partial charge in [0.2, 0.25) is 10.0 Å². The molecule has 1 fully saturated rings. The lowest BCUT2D eigenvalue weighted by Crippen LogP contribution is -2.49. The minimum atomic E-state index is -3.46. The van der Waals surface area contributed by atoms with Gasteiger partial charge in [-0.2, -0.15) is 4.31 Å². The van der Waals surface area contributed by atoms with Crippen LogP contribution in [0.3, 0.4) is 0 Å². The second-order valence-corrected chi connectivity index (χ2v) is 8.68. The van der Waals surface area contributed by atoms with Gasteiger partial charge < -0.3 is 4.57 Å². The number of hydrogen-bond donors (Lipinski definition) is 0. The normalized spacial score (nSPS) is 16.3. The SMILES string of the molecule is CCCn1c(C)cnc1C1CN(S(=O)(=O)c2ccc(Cl)c(C)c2)C1. The summed E-state index contributed by atoms with van der Waals surface area (Å²) in [5.41, 5.74) is 1.89. The molecular weight excluding hydrogens is 346 g/mol. The number of aromatic nitrogens is 2. The van der Waals surface area contributed by atoms with Gasteiger partial charge >= 0.3 is 0 Å². The summed E-state index contributed by atoms with van der Waals surface area (Å²) in [6.45, 7) is 7.85. The Kier molecular flexibility index (Phi) is 4.73. The molecule has 5 nitrogen and oxygen atoms in total. The van der Waals surface area contributed by atoms with Crippen LogP contribution in [0.5, 0.6) is 0 Å². The van der Waals surface area contributed by atoms with E-state index in [1.54, 1.807) is 18.2 Å². The molecule has 0 aliphatic carbocycles. The molecule has 0 amide bonds. The van der Waals surface area contributed by atoms with Crippen LogP contribution in [-0.2, 0) is 16.6 Å². The number of nitrogens with zero attached hydrogens (tertiary/aromatic N) is 3. The molecule has 2 heterocycles. The van der Waals surface area contributed by atoms with E-state index in [0.717, 1.165) is 30.0 Å². The van der Waals surface area contributed by atoms with Gasteiger partial charge in [0, 0.05) is 42.5 Å². The molecule has 7 heteroatoms. The van der Waals surface area contributed by atoms with E-state index in [1.165, 1.54) is 4.31 Å². The maximum atomic E-state index is 12.7. The Labute approximate surface area is 148 Å². The first kappa shape index (κ1) is 17.5. The summed E-state index contributed by atoms with van der Waals surface area (Å²) in [4.78, 5) is 4.80. The number of benzene rings is 1. The molecule has 24 heavy (non-hydrogen) atoms. The third kappa shape index (κ3) is 2.98. The summed E-state index contributed by atoms with van der Waals surface area (Å²) in [6, 6.07) is 4.84. The Morgan fingerprint density at radius 3 is 2.62 bits per heavy atom. The number of rotatable bonds is 5. The molecule has 0 unspecified atom stereocenters. The maximum absolute atomic E-state index is 12.7. The van der Waals surface area contributed by atoms with Crippen LogP contribution < -0.4 is 0 Å². The summed E-state index contributed by atoms with van der Waals surface area (Å²) >= 11 is 5.99. The highest BCUT2D eigenvalue weighted by Crippen LogP contribution is 2.32. The van der Waals surface area contributed by atoms with Crippen LogP contribution in [0.1, 0.15) is 36.3 Å². The van der Waals surface area contributed by atoms with Gasteiger partial charge in [-0.1, -0.05) is 18.5 Å². The third-order valence-electron chi connectivity index (χ3n) is 4.51. The summed E-state index contributed by atoms with van der Waals surface area (Å²) < 4.78 is 29.2. The molecule has 130 valence electrons. The van der Waals surface area contributed by atoms with E-state index in [2.05, 4.69) is 16.5 Å². The molecule has 0 N–H and O–H groups in total. The first-order valence-electron chi connectivity index (χ1n) is 8.13. The summed E-state index contributed by atoms with van der Waals surface area (Å²) in [7, 11) is -3.46. The van der Waals surface area contributed by atoms with E-state index in [9.17, 15) is 8.42 Å². The van der Waals surface area contributed by atoms with E-state index in [-0.39, 0.29) is 5.92 Å². The highest BCUT2D eigenvalue weighted by Gasteiger charge is 2.39. The van der Waals surface area contributed by atoms with Gasteiger partial charge in [0.15, 0.2) is 0 Å². The average Bonchev–Trinajstić information content (AvgIpc) is 2.82. The predicted molar refractivity (Wildman–Crippen MR) is 94.9 cm³/mol. The third-order valence-corrected chi connectivity index (χ3v) is 6.77. The molecule has 0 saturated carbocycles. The van der Waals surface area contributed by atoms with Crippen LogP contribution in [0.2, 0.25) is 5.02 Å². The molecule has 0 spiro atoms. The van der Waals surface area contributed by atoms with Crippen molar-refractivity contribution < 1.29 is 8.42 Å². The Morgan fingerprint density at radius 1 is 1.29 bits per heavy atom. The van der Waals surface area contributed by atoms with Crippen molar-refractivity contribution in [1.29, 1.82) is 0 Å². The van der Waals surface area contributed by atoms with E-state index in [1.807, 2.05) is 20.0 Å². The largest absolute Gasteiger partial charge is 0.332 e. The molecule has 3 rings (SSSR count). The van der Waals surface area contributed by atoms with E-state index in [0.29, 0.717) is 23.0 Å². The summed E-state index contributed by atoms with van der Waals surface area (Å²) in [5.74, 6) is 1.15. The summed E-state index contributed by atoms with van der Waals surface area (Å²) in [5, 5.41) is 0.576. The van der Waals surface area contributed by atoms with Gasteiger partial charge in [-0.3, -0.25) is 0 Å². The maximum Gasteiger partial charge on any atom is 0.243 e. The van der Waals surface area contributed by atoms with Crippen molar-refractivity contribution in [3.05, 3.63) is 46.5 Å². The second kappa shape index (κ2) is 6.50. The first-order chi connectivity index (χ1) is 11.3. The Balaban J connectivity index is 1.77. The van der Waals surface area contributed by atoms with E-state index in [4.69, 9.17) is 11.6 Å². The molecule has 1 aromatic heterocycles. The highest BCUT2D eigenvalue weighted by molar-refractivity contribution is 7.89. The fourth-order valence-corrected chi connectivity index (χ4v) is 4.78. The van der Waals surface area contributed by atoms with Crippen molar-refractivity contribution >= 4 is 21.6 Å². The van der Waals surface area contributed by atoms with Crippen LogP contribution >= 0.6 is 11.6 Å². The fourth-order valence-electron chi connectivity index (χ4n) is 3.04. The monoisotopic (exact) mass is 367 g/mol. The molecule has 2 aromatic rings. The number of aryl methyl sites for hydroxylation is 2. The van der Waals surface area contributed by atoms with Crippen molar-refractivity contribution in [2.24, 2.45) is 0 Å². The fraction of sp³-hybridized carbons (Fsp3) is 0.471. The zero-order valence-electron chi connectivity index (χ0n) is 14.2. The lowest BCUT2D eigenvalue weighted by molar-refractivity contribution is 0.250. The Morgan fingerprint density at radius 2 is 2.00 bits per heavy atom. The molecule has 0 atom stereocenters. The second-order valence-electron chi connectivity index (χ2n) is 6.34. The Hall–Kier alpha value is -1.37. The van der Waals surface area contributed by atoms with Crippen LogP contribution in [0.4, 0.5) is 0 Å². The minimum absolute atomic E-state index is 0.161. The first-order valence-corrected chi connectivity index (χ1v) is 9.94. The number of hydrogen-bond acceptors (Lipinski definition) is 3. The van der Waals surface area contributed by atoms with E-state index < -0.39 is 10.0 Å². The van der Waals surface area contributed by atoms with Crippen molar-refractivity contribution in [2.75, 3.05) is 13.1 Å². The van der Waals surface area contributed by atoms with Crippen LogP contribution in [0, 0.1) is 13.8 Å². The van der Waals surface area contributed by atoms with Gasteiger partial charge in [0.25, 0.3) is 0 Å². The van der Waals surface area contributed by atoms with Crippen molar-refractivity contribution in [3.8, 4) is 0 Å². The highest BCUT2D eigenvalue weighted by atomic mass is 35.5. The molecule has 1 aliphatic heterocycles. The zero-order valence-corrected chi connectivity index (χ0v) is 15.7. The number of imidazole rings is 1. The van der Waals surface area contributed by atoms with Gasteiger partial charge in [-0.15, -0.1) is 0 Å². The molecule has 1 aromatic carbocycles. The minimum Gasteiger partial charge on any atom is -0.332 e. The smallest absolute Gasteiger partial charge is 0.243 e. The van der Waals surface area contributed by atoms with Gasteiger partial charge in [-0.25, -0.2) is 13.4 Å². The van der Waals surface area contributed by atoms with Crippen LogP contribution in [-0.4, -0.2) is 35.4 Å². The molecule has 1 aliphatic rings. The van der Waals surface area contributed by atoms with Crippen molar-refractivity contribution in [2.45, 2.75) is 44.6 Å². The lowest BCUT2D eigenvalue weighted by Gasteiger charge is -2.38. The van der Waals surface area contributed by atoms with Crippen molar-refractivity contribution in [1.82, 2.24) is 13.9 Å². The number of halogens is 1. The summed E-state index contributed by atoms with van der Waals surface area (Å²) in [6.07, 6.45) is 2.90. The topological polar surface area (TPSA) is 55.2 Å². The average molecular weight is 368 g/mol. The quantitative estimate of drug-likeness (QED) is 0.814. The van der Waals surface area contributed by atoms with Crippen LogP contribution in [0.25, 0.3) is 0 Å². The Bertz CT molecular complexity index is 855. The van der Waals surface area contributed by atoms with Gasteiger partial charge in [-0.05, 0) is 44.0 Å². The molecule has 1 saturated heterocycles. The van der Waals surface area contributed by atoms with Crippen molar-refractivity contribution in [3.63, 3.8) is 0 Å². The molecule has 0 radical (unpaired) electrons.